The molecule has 78 valence electrons. The summed E-state index contributed by atoms with van der Waals surface area (Å²) in [5, 5.41) is 11.1. The van der Waals surface area contributed by atoms with Crippen LogP contribution in [0.2, 0.25) is 0 Å². The molecule has 0 atom stereocenters. The van der Waals surface area contributed by atoms with Gasteiger partial charge in [0.05, 0.1) is 5.56 Å². The zero-order valence-corrected chi connectivity index (χ0v) is 8.38. The highest BCUT2D eigenvalue weighted by molar-refractivity contribution is 5.75. The lowest BCUT2D eigenvalue weighted by Gasteiger charge is -2.04. The zero-order valence-electron chi connectivity index (χ0n) is 8.38. The molecule has 0 unspecified atom stereocenters. The van der Waals surface area contributed by atoms with Gasteiger partial charge in [0.25, 0.3) is 0 Å². The normalized spacial score (nSPS) is 9.40. The van der Waals surface area contributed by atoms with E-state index in [4.69, 9.17) is 5.26 Å². The van der Waals surface area contributed by atoms with E-state index < -0.39 is 5.82 Å². The average molecular weight is 206 g/mol. The number of carbonyl (C=O) groups excluding carboxylic acids is 1. The van der Waals surface area contributed by atoms with Crippen LogP contribution >= 0.6 is 0 Å². The summed E-state index contributed by atoms with van der Waals surface area (Å²) in [5.74, 6) is -0.638. The number of rotatable bonds is 3. The molecule has 0 bridgehead atoms. The molecule has 0 spiro atoms. The molecular weight excluding hydrogens is 195 g/mol. The Morgan fingerprint density at radius 1 is 1.60 bits per heavy atom. The van der Waals surface area contributed by atoms with Crippen LogP contribution in [-0.2, 0) is 11.3 Å². The lowest BCUT2D eigenvalue weighted by Crippen LogP contribution is -2.21. The summed E-state index contributed by atoms with van der Waals surface area (Å²) < 4.78 is 13.1. The summed E-state index contributed by atoms with van der Waals surface area (Å²) in [6, 6.07) is 6.02. The van der Waals surface area contributed by atoms with Gasteiger partial charge in [0.1, 0.15) is 11.9 Å². The van der Waals surface area contributed by atoms with Crippen molar-refractivity contribution >= 4 is 5.91 Å². The van der Waals surface area contributed by atoms with Crippen LogP contribution in [0.25, 0.3) is 0 Å². The highest BCUT2D eigenvalue weighted by atomic mass is 19.1. The van der Waals surface area contributed by atoms with Crippen LogP contribution in [0.4, 0.5) is 4.39 Å². The van der Waals surface area contributed by atoms with E-state index in [1.54, 1.807) is 19.1 Å². The third-order valence-electron chi connectivity index (χ3n) is 1.96. The molecule has 1 rings (SSSR count). The van der Waals surface area contributed by atoms with Crippen molar-refractivity contribution in [2.75, 3.05) is 0 Å². The smallest absolute Gasteiger partial charge is 0.219 e. The van der Waals surface area contributed by atoms with Crippen molar-refractivity contribution in [2.24, 2.45) is 0 Å². The molecule has 0 saturated heterocycles. The Kier molecular flexibility index (Phi) is 3.81. The van der Waals surface area contributed by atoms with E-state index in [-0.39, 0.29) is 18.0 Å². The van der Waals surface area contributed by atoms with Gasteiger partial charge in [-0.05, 0) is 17.7 Å². The molecule has 0 fully saturated rings. The topological polar surface area (TPSA) is 52.9 Å². The van der Waals surface area contributed by atoms with Crippen molar-refractivity contribution in [1.29, 1.82) is 5.26 Å². The summed E-state index contributed by atoms with van der Waals surface area (Å²) >= 11 is 0. The molecule has 1 aromatic rings. The van der Waals surface area contributed by atoms with Crippen LogP contribution in [0.5, 0.6) is 0 Å². The summed E-state index contributed by atoms with van der Waals surface area (Å²) in [4.78, 5) is 10.9. The molecule has 0 aromatic heterocycles. The van der Waals surface area contributed by atoms with E-state index in [9.17, 15) is 9.18 Å². The maximum atomic E-state index is 13.1. The minimum absolute atomic E-state index is 0.0144. The minimum atomic E-state index is -0.555. The number of nitrogens with zero attached hydrogens (tertiary/aromatic N) is 1. The molecule has 1 amide bonds. The second-order valence-electron chi connectivity index (χ2n) is 3.06. The molecule has 0 heterocycles. The van der Waals surface area contributed by atoms with Crippen LogP contribution in [0, 0.1) is 17.1 Å². The highest BCUT2D eigenvalue weighted by Crippen LogP contribution is 2.09. The lowest BCUT2D eigenvalue weighted by molar-refractivity contribution is -0.120. The molecule has 15 heavy (non-hydrogen) atoms. The van der Waals surface area contributed by atoms with Gasteiger partial charge >= 0.3 is 0 Å². The van der Waals surface area contributed by atoms with Crippen molar-refractivity contribution in [1.82, 2.24) is 5.32 Å². The van der Waals surface area contributed by atoms with E-state index in [0.29, 0.717) is 12.0 Å². The van der Waals surface area contributed by atoms with E-state index in [0.717, 1.165) is 0 Å². The quantitative estimate of drug-likeness (QED) is 0.818. The third-order valence-corrected chi connectivity index (χ3v) is 1.96. The molecule has 1 N–H and O–H groups in total. The van der Waals surface area contributed by atoms with Crippen LogP contribution in [0.3, 0.4) is 0 Å². The fourth-order valence-electron chi connectivity index (χ4n) is 1.08. The van der Waals surface area contributed by atoms with E-state index in [1.807, 2.05) is 0 Å². The summed E-state index contributed by atoms with van der Waals surface area (Å²) in [5.41, 5.74) is 0.661. The number of benzene rings is 1. The van der Waals surface area contributed by atoms with Crippen LogP contribution < -0.4 is 5.32 Å². The lowest BCUT2D eigenvalue weighted by atomic mass is 10.1. The Morgan fingerprint density at radius 3 is 2.87 bits per heavy atom. The molecule has 0 aliphatic carbocycles. The molecular formula is C11H11FN2O. The number of carbonyl (C=O) groups is 1. The van der Waals surface area contributed by atoms with Crippen molar-refractivity contribution < 1.29 is 9.18 Å². The van der Waals surface area contributed by atoms with Crippen LogP contribution in [0.15, 0.2) is 18.2 Å². The Labute approximate surface area is 87.5 Å². The van der Waals surface area contributed by atoms with E-state index in [2.05, 4.69) is 5.32 Å². The fourth-order valence-corrected chi connectivity index (χ4v) is 1.08. The number of halogens is 1. The Morgan fingerprint density at radius 2 is 2.33 bits per heavy atom. The van der Waals surface area contributed by atoms with Gasteiger partial charge in [-0.2, -0.15) is 5.26 Å². The first-order chi connectivity index (χ1) is 7.17. The highest BCUT2D eigenvalue weighted by Gasteiger charge is 2.03. The van der Waals surface area contributed by atoms with E-state index in [1.165, 1.54) is 12.1 Å². The molecule has 0 radical (unpaired) electrons. The summed E-state index contributed by atoms with van der Waals surface area (Å²) in [6.07, 6.45) is 0.402. The van der Waals surface area contributed by atoms with Crippen molar-refractivity contribution in [3.8, 4) is 6.07 Å². The van der Waals surface area contributed by atoms with Gasteiger partial charge in [0.2, 0.25) is 5.91 Å². The van der Waals surface area contributed by atoms with Gasteiger partial charge in [-0.3, -0.25) is 4.79 Å². The first kappa shape index (κ1) is 11.2. The molecule has 0 aliphatic heterocycles. The average Bonchev–Trinajstić information content (AvgIpc) is 2.26. The van der Waals surface area contributed by atoms with Gasteiger partial charge in [0.15, 0.2) is 0 Å². The summed E-state index contributed by atoms with van der Waals surface area (Å²) in [6.45, 7) is 2.03. The SMILES string of the molecule is CCC(=O)NCc1ccc(C#N)c(F)c1. The predicted molar refractivity (Wildman–Crippen MR) is 53.3 cm³/mol. The van der Waals surface area contributed by atoms with Crippen LogP contribution in [0.1, 0.15) is 24.5 Å². The fraction of sp³-hybridized carbons (Fsp3) is 0.273. The zero-order chi connectivity index (χ0) is 11.3. The predicted octanol–water partition coefficient (Wildman–Crippen LogP) is 1.72. The molecule has 4 heteroatoms. The first-order valence-electron chi connectivity index (χ1n) is 4.62. The number of hydrogen-bond acceptors (Lipinski definition) is 2. The Hall–Kier alpha value is -1.89. The number of hydrogen-bond donors (Lipinski definition) is 1. The first-order valence-corrected chi connectivity index (χ1v) is 4.62. The van der Waals surface area contributed by atoms with Gasteiger partial charge < -0.3 is 5.32 Å². The molecule has 1 aromatic carbocycles. The maximum absolute atomic E-state index is 13.1. The van der Waals surface area contributed by atoms with Crippen LogP contribution in [-0.4, -0.2) is 5.91 Å². The molecule has 0 aliphatic rings. The maximum Gasteiger partial charge on any atom is 0.219 e. The molecule has 3 nitrogen and oxygen atoms in total. The van der Waals surface area contributed by atoms with Crippen molar-refractivity contribution in [2.45, 2.75) is 19.9 Å². The number of amides is 1. The second-order valence-corrected chi connectivity index (χ2v) is 3.06. The van der Waals surface area contributed by atoms with Crippen molar-refractivity contribution in [3.05, 3.63) is 35.1 Å². The number of nitrogens with one attached hydrogen (secondary N) is 1. The van der Waals surface area contributed by atoms with Gasteiger partial charge in [-0.1, -0.05) is 13.0 Å². The van der Waals surface area contributed by atoms with Crippen molar-refractivity contribution in [3.63, 3.8) is 0 Å². The van der Waals surface area contributed by atoms with E-state index >= 15 is 0 Å². The second kappa shape index (κ2) is 5.11. The minimum Gasteiger partial charge on any atom is -0.352 e. The summed E-state index contributed by atoms with van der Waals surface area (Å²) in [7, 11) is 0. The number of nitriles is 1. The largest absolute Gasteiger partial charge is 0.352 e. The third kappa shape index (κ3) is 3.06. The molecule has 0 saturated carbocycles. The van der Waals surface area contributed by atoms with Gasteiger partial charge in [0, 0.05) is 13.0 Å². The Bertz CT molecular complexity index is 410. The monoisotopic (exact) mass is 206 g/mol. The van der Waals surface area contributed by atoms with Gasteiger partial charge in [-0.15, -0.1) is 0 Å². The standard InChI is InChI=1S/C11H11FN2O/c1-2-11(15)14-7-8-3-4-9(6-13)10(12)5-8/h3-5H,2,7H2,1H3,(H,14,15). The van der Waals surface area contributed by atoms with Gasteiger partial charge in [-0.25, -0.2) is 4.39 Å². The Balaban J connectivity index is 2.68.